The lowest BCUT2D eigenvalue weighted by atomic mass is 10.1. The van der Waals surface area contributed by atoms with Gasteiger partial charge in [-0.15, -0.1) is 0 Å². The molecule has 0 aliphatic carbocycles. The molecule has 35 heavy (non-hydrogen) atoms. The number of nitrogen functional groups attached to an aromatic ring is 1. The number of halogens is 1. The van der Waals surface area contributed by atoms with Crippen molar-refractivity contribution in [2.24, 2.45) is 0 Å². The van der Waals surface area contributed by atoms with Crippen LogP contribution in [-0.2, 0) is 0 Å². The maximum absolute atomic E-state index is 14.7. The number of aromatic nitrogens is 3. The van der Waals surface area contributed by atoms with Gasteiger partial charge in [-0.1, -0.05) is 13.8 Å². The minimum absolute atomic E-state index is 0.0300. The molecule has 10 heteroatoms. The molecule has 0 radical (unpaired) electrons. The lowest BCUT2D eigenvalue weighted by Gasteiger charge is -2.12. The van der Waals surface area contributed by atoms with E-state index in [9.17, 15) is 9.18 Å². The zero-order valence-electron chi connectivity index (χ0n) is 19.0. The fourth-order valence-electron chi connectivity index (χ4n) is 3.20. The quantitative estimate of drug-likeness (QED) is 0.344. The summed E-state index contributed by atoms with van der Waals surface area (Å²) >= 11 is 0. The zero-order valence-corrected chi connectivity index (χ0v) is 19.0. The molecule has 0 aliphatic rings. The highest BCUT2D eigenvalue weighted by atomic mass is 19.1. The molecule has 0 aliphatic heterocycles. The van der Waals surface area contributed by atoms with E-state index in [1.807, 2.05) is 13.8 Å². The number of amides is 2. The molecule has 0 atom stereocenters. The highest BCUT2D eigenvalue weighted by Crippen LogP contribution is 2.27. The number of carbonyl (C=O) groups excluding carboxylic acids is 1. The minimum atomic E-state index is -0.678. The van der Waals surface area contributed by atoms with E-state index in [-0.39, 0.29) is 23.2 Å². The number of carbonyl (C=O) groups is 1. The zero-order chi connectivity index (χ0) is 24.9. The first-order chi connectivity index (χ1) is 16.8. The standard InChI is InChI=1S/C25H22FN7O2/c1-15(2)22-13-24(33(32-22)17-5-3-16(14-27)4-6-17)31-25(34)30-21-8-7-18(11-20(21)26)35-19-9-10-29-23(28)12-19/h3-13,15H,1-2H3,(H2,28,29)(H2,30,31,34). The number of nitrogens with two attached hydrogens (primary N) is 1. The number of nitrogens with zero attached hydrogens (tertiary/aromatic N) is 4. The Morgan fingerprint density at radius 2 is 1.83 bits per heavy atom. The van der Waals surface area contributed by atoms with Crippen molar-refractivity contribution in [3.05, 3.63) is 83.9 Å². The SMILES string of the molecule is CC(C)c1cc(NC(=O)Nc2ccc(Oc3ccnc(N)c3)cc2F)n(-c2ccc(C#N)cc2)n1. The van der Waals surface area contributed by atoms with Crippen LogP contribution in [0.4, 0.5) is 26.5 Å². The van der Waals surface area contributed by atoms with Crippen LogP contribution in [0.5, 0.6) is 11.5 Å². The first kappa shape index (κ1) is 23.3. The summed E-state index contributed by atoms with van der Waals surface area (Å²) in [7, 11) is 0. The van der Waals surface area contributed by atoms with Gasteiger partial charge < -0.3 is 15.8 Å². The number of pyridine rings is 1. The van der Waals surface area contributed by atoms with E-state index in [1.165, 1.54) is 24.4 Å². The summed E-state index contributed by atoms with van der Waals surface area (Å²) in [6, 6.07) is 17.1. The molecule has 4 N–H and O–H groups in total. The number of hydrogen-bond donors (Lipinski definition) is 3. The molecule has 0 unspecified atom stereocenters. The van der Waals surface area contributed by atoms with Crippen molar-refractivity contribution < 1.29 is 13.9 Å². The predicted octanol–water partition coefficient (Wildman–Crippen LogP) is 5.42. The van der Waals surface area contributed by atoms with Gasteiger partial charge in [0, 0.05) is 24.4 Å². The summed E-state index contributed by atoms with van der Waals surface area (Å²) in [5.74, 6) is 0.749. The number of nitriles is 1. The van der Waals surface area contributed by atoms with Crippen LogP contribution in [0.2, 0.25) is 0 Å². The Bertz CT molecular complexity index is 1410. The molecule has 176 valence electrons. The van der Waals surface area contributed by atoms with Gasteiger partial charge >= 0.3 is 6.03 Å². The van der Waals surface area contributed by atoms with E-state index in [0.717, 1.165) is 11.8 Å². The maximum Gasteiger partial charge on any atom is 0.324 e. The predicted molar refractivity (Wildman–Crippen MR) is 130 cm³/mol. The number of hydrogen-bond acceptors (Lipinski definition) is 6. The molecule has 0 fully saturated rings. The van der Waals surface area contributed by atoms with Crippen molar-refractivity contribution in [1.29, 1.82) is 5.26 Å². The Hall–Kier alpha value is -4.91. The molecule has 0 saturated carbocycles. The lowest BCUT2D eigenvalue weighted by Crippen LogP contribution is -2.22. The average Bonchev–Trinajstić information content (AvgIpc) is 3.25. The molecule has 0 saturated heterocycles. The summed E-state index contributed by atoms with van der Waals surface area (Å²) in [6.07, 6.45) is 1.48. The summed E-state index contributed by atoms with van der Waals surface area (Å²) in [5.41, 5.74) is 7.52. The van der Waals surface area contributed by atoms with Crippen LogP contribution in [0.15, 0.2) is 66.9 Å². The van der Waals surface area contributed by atoms with Crippen LogP contribution < -0.4 is 21.1 Å². The van der Waals surface area contributed by atoms with Gasteiger partial charge in [-0.3, -0.25) is 5.32 Å². The Labute approximate surface area is 201 Å². The van der Waals surface area contributed by atoms with Crippen molar-refractivity contribution in [2.75, 3.05) is 16.4 Å². The van der Waals surface area contributed by atoms with Crippen LogP contribution in [0.25, 0.3) is 5.69 Å². The first-order valence-corrected chi connectivity index (χ1v) is 10.7. The molecular weight excluding hydrogens is 449 g/mol. The molecule has 2 amide bonds. The van der Waals surface area contributed by atoms with Gasteiger partial charge in [0.1, 0.15) is 29.0 Å². The van der Waals surface area contributed by atoms with E-state index in [1.54, 1.807) is 41.1 Å². The normalized spacial score (nSPS) is 10.6. The van der Waals surface area contributed by atoms with Crippen molar-refractivity contribution >= 4 is 23.4 Å². The second-order valence-electron chi connectivity index (χ2n) is 7.92. The fraction of sp³-hybridized carbons (Fsp3) is 0.120. The van der Waals surface area contributed by atoms with Crippen LogP contribution >= 0.6 is 0 Å². The number of anilines is 3. The summed E-state index contributed by atoms with van der Waals surface area (Å²) in [4.78, 5) is 16.6. The number of urea groups is 1. The summed E-state index contributed by atoms with van der Waals surface area (Å²) in [5, 5.41) is 18.8. The van der Waals surface area contributed by atoms with Gasteiger partial charge in [0.25, 0.3) is 0 Å². The van der Waals surface area contributed by atoms with Crippen molar-refractivity contribution in [3.63, 3.8) is 0 Å². The van der Waals surface area contributed by atoms with Crippen LogP contribution in [0, 0.1) is 17.1 Å². The Kier molecular flexibility index (Phi) is 6.59. The topological polar surface area (TPSA) is 131 Å². The average molecular weight is 471 g/mol. The second-order valence-corrected chi connectivity index (χ2v) is 7.92. The number of benzene rings is 2. The van der Waals surface area contributed by atoms with Crippen molar-refractivity contribution in [2.45, 2.75) is 19.8 Å². The maximum atomic E-state index is 14.7. The van der Waals surface area contributed by atoms with E-state index in [0.29, 0.717) is 22.8 Å². The molecule has 0 bridgehead atoms. The molecule has 4 aromatic rings. The minimum Gasteiger partial charge on any atom is -0.457 e. The van der Waals surface area contributed by atoms with E-state index < -0.39 is 11.8 Å². The molecule has 0 spiro atoms. The highest BCUT2D eigenvalue weighted by Gasteiger charge is 2.16. The summed E-state index contributed by atoms with van der Waals surface area (Å²) in [6.45, 7) is 3.96. The lowest BCUT2D eigenvalue weighted by molar-refractivity contribution is 0.262. The molecule has 4 rings (SSSR count). The van der Waals surface area contributed by atoms with Gasteiger partial charge in [-0.25, -0.2) is 18.9 Å². The number of ether oxygens (including phenoxy) is 1. The molecule has 2 aromatic carbocycles. The largest absolute Gasteiger partial charge is 0.457 e. The van der Waals surface area contributed by atoms with Crippen LogP contribution in [0.1, 0.15) is 31.0 Å². The summed E-state index contributed by atoms with van der Waals surface area (Å²) < 4.78 is 21.8. The number of nitrogens with one attached hydrogen (secondary N) is 2. The molecular formula is C25H22FN7O2. The van der Waals surface area contributed by atoms with Crippen LogP contribution in [-0.4, -0.2) is 20.8 Å². The third kappa shape index (κ3) is 5.54. The Morgan fingerprint density at radius 1 is 1.09 bits per heavy atom. The smallest absolute Gasteiger partial charge is 0.324 e. The van der Waals surface area contributed by atoms with Gasteiger partial charge in [0.05, 0.1) is 28.7 Å². The van der Waals surface area contributed by atoms with E-state index in [2.05, 4.69) is 26.8 Å². The third-order valence-electron chi connectivity index (χ3n) is 4.98. The molecule has 9 nitrogen and oxygen atoms in total. The highest BCUT2D eigenvalue weighted by molar-refractivity contribution is 5.99. The van der Waals surface area contributed by atoms with Gasteiger partial charge in [-0.2, -0.15) is 10.4 Å². The number of rotatable bonds is 6. The van der Waals surface area contributed by atoms with E-state index >= 15 is 0 Å². The third-order valence-corrected chi connectivity index (χ3v) is 4.98. The van der Waals surface area contributed by atoms with Gasteiger partial charge in [-0.05, 0) is 48.4 Å². The Balaban J connectivity index is 1.50. The molecule has 2 heterocycles. The van der Waals surface area contributed by atoms with Gasteiger partial charge in [0.2, 0.25) is 0 Å². The van der Waals surface area contributed by atoms with E-state index in [4.69, 9.17) is 15.7 Å². The monoisotopic (exact) mass is 471 g/mol. The van der Waals surface area contributed by atoms with Crippen LogP contribution in [0.3, 0.4) is 0 Å². The fourth-order valence-corrected chi connectivity index (χ4v) is 3.20. The molecule has 2 aromatic heterocycles. The van der Waals surface area contributed by atoms with Crippen molar-refractivity contribution in [3.8, 4) is 23.3 Å². The Morgan fingerprint density at radius 3 is 2.49 bits per heavy atom. The van der Waals surface area contributed by atoms with Crippen molar-refractivity contribution in [1.82, 2.24) is 14.8 Å². The second kappa shape index (κ2) is 9.93. The first-order valence-electron chi connectivity index (χ1n) is 10.7. The van der Waals surface area contributed by atoms with Gasteiger partial charge in [0.15, 0.2) is 0 Å².